The topological polar surface area (TPSA) is 51.7 Å². The molecule has 1 atom stereocenters. The highest BCUT2D eigenvalue weighted by Crippen LogP contribution is 2.19. The molecule has 0 bridgehead atoms. The molecule has 20 heavy (non-hydrogen) atoms. The fraction of sp³-hybridized carbons (Fsp3) is 0.571. The Morgan fingerprint density at radius 3 is 2.80 bits per heavy atom. The van der Waals surface area contributed by atoms with Gasteiger partial charge in [-0.25, -0.2) is 9.78 Å². The van der Waals surface area contributed by atoms with Crippen LogP contribution in [0.1, 0.15) is 27.2 Å². The summed E-state index contributed by atoms with van der Waals surface area (Å²) in [6.45, 7) is 6.80. The van der Waals surface area contributed by atoms with E-state index >= 15 is 0 Å². The number of aromatic nitrogens is 1. The van der Waals surface area contributed by atoms with E-state index in [9.17, 15) is 4.79 Å². The molecule has 0 N–H and O–H groups in total. The zero-order chi connectivity index (χ0) is 14.8. The summed E-state index contributed by atoms with van der Waals surface area (Å²) in [5.74, 6) is 0.599. The second-order valence-corrected chi connectivity index (χ2v) is 7.02. The fourth-order valence-electron chi connectivity index (χ4n) is 1.92. The SMILES string of the molecule is CC(C)(C)OC(=O)N1CC[C@H](Oc2ccc(I)cn2)C1. The van der Waals surface area contributed by atoms with Crippen LogP contribution in [0.4, 0.5) is 4.79 Å². The van der Waals surface area contributed by atoms with Gasteiger partial charge >= 0.3 is 6.09 Å². The maximum absolute atomic E-state index is 11.9. The predicted molar refractivity (Wildman–Crippen MR) is 83.8 cm³/mol. The van der Waals surface area contributed by atoms with Gasteiger partial charge in [0.2, 0.25) is 5.88 Å². The monoisotopic (exact) mass is 390 g/mol. The summed E-state index contributed by atoms with van der Waals surface area (Å²) in [4.78, 5) is 17.8. The fourth-order valence-corrected chi connectivity index (χ4v) is 2.24. The molecular weight excluding hydrogens is 371 g/mol. The molecule has 0 saturated carbocycles. The van der Waals surface area contributed by atoms with Crippen LogP contribution in [-0.4, -0.2) is 40.8 Å². The van der Waals surface area contributed by atoms with Crippen molar-refractivity contribution in [3.05, 3.63) is 21.9 Å². The lowest BCUT2D eigenvalue weighted by molar-refractivity contribution is 0.0275. The minimum atomic E-state index is -0.465. The number of likely N-dealkylation sites (tertiary alicyclic amines) is 1. The maximum Gasteiger partial charge on any atom is 0.410 e. The van der Waals surface area contributed by atoms with Crippen molar-refractivity contribution in [2.75, 3.05) is 13.1 Å². The number of carbonyl (C=O) groups is 1. The van der Waals surface area contributed by atoms with Gasteiger partial charge < -0.3 is 14.4 Å². The Morgan fingerprint density at radius 1 is 1.45 bits per heavy atom. The minimum absolute atomic E-state index is 0.0184. The van der Waals surface area contributed by atoms with Gasteiger partial charge in [0.05, 0.1) is 6.54 Å². The van der Waals surface area contributed by atoms with E-state index in [1.165, 1.54) is 0 Å². The molecule has 0 spiro atoms. The largest absolute Gasteiger partial charge is 0.472 e. The Morgan fingerprint density at radius 2 is 2.20 bits per heavy atom. The third kappa shape index (κ3) is 4.50. The van der Waals surface area contributed by atoms with Crippen LogP contribution < -0.4 is 4.74 Å². The van der Waals surface area contributed by atoms with Crippen LogP contribution in [0.25, 0.3) is 0 Å². The van der Waals surface area contributed by atoms with Crippen molar-refractivity contribution in [2.24, 2.45) is 0 Å². The standard InChI is InChI=1S/C14H19IN2O3/c1-14(2,3)20-13(18)17-7-6-11(9-17)19-12-5-4-10(15)8-16-12/h4-5,8,11H,6-7,9H2,1-3H3/t11-/m0/s1. The van der Waals surface area contributed by atoms with Gasteiger partial charge in [-0.05, 0) is 49.4 Å². The first-order chi connectivity index (χ1) is 9.33. The number of ether oxygens (including phenoxy) is 2. The van der Waals surface area contributed by atoms with Crippen LogP contribution >= 0.6 is 22.6 Å². The van der Waals surface area contributed by atoms with Gasteiger partial charge in [0.15, 0.2) is 0 Å². The predicted octanol–water partition coefficient (Wildman–Crippen LogP) is 3.07. The quantitative estimate of drug-likeness (QED) is 0.729. The number of nitrogens with zero attached hydrogens (tertiary/aromatic N) is 2. The van der Waals surface area contributed by atoms with Gasteiger partial charge in [-0.15, -0.1) is 0 Å². The molecule has 1 amide bonds. The summed E-state index contributed by atoms with van der Waals surface area (Å²) in [7, 11) is 0. The van der Waals surface area contributed by atoms with E-state index in [0.29, 0.717) is 19.0 Å². The van der Waals surface area contributed by atoms with Crippen molar-refractivity contribution in [2.45, 2.75) is 38.9 Å². The Balaban J connectivity index is 1.86. The summed E-state index contributed by atoms with van der Waals surface area (Å²) >= 11 is 2.20. The number of amides is 1. The molecular formula is C14H19IN2O3. The molecule has 1 aliphatic rings. The molecule has 6 heteroatoms. The lowest BCUT2D eigenvalue weighted by Crippen LogP contribution is -2.36. The number of halogens is 1. The van der Waals surface area contributed by atoms with Crippen molar-refractivity contribution < 1.29 is 14.3 Å². The van der Waals surface area contributed by atoms with Crippen LogP contribution in [0.15, 0.2) is 18.3 Å². The molecule has 1 aromatic rings. The average Bonchev–Trinajstić information content (AvgIpc) is 2.79. The van der Waals surface area contributed by atoms with Gasteiger partial charge in [-0.1, -0.05) is 0 Å². The van der Waals surface area contributed by atoms with E-state index in [-0.39, 0.29) is 12.2 Å². The molecule has 2 heterocycles. The summed E-state index contributed by atoms with van der Waals surface area (Å²) in [6.07, 6.45) is 2.26. The second kappa shape index (κ2) is 6.15. The Bertz CT molecular complexity index is 470. The Hall–Kier alpha value is -1.05. The van der Waals surface area contributed by atoms with E-state index < -0.39 is 5.60 Å². The van der Waals surface area contributed by atoms with Crippen LogP contribution in [0.3, 0.4) is 0 Å². The van der Waals surface area contributed by atoms with Crippen molar-refractivity contribution in [3.8, 4) is 5.88 Å². The van der Waals surface area contributed by atoms with Crippen molar-refractivity contribution in [1.82, 2.24) is 9.88 Å². The average molecular weight is 390 g/mol. The summed E-state index contributed by atoms with van der Waals surface area (Å²) < 4.78 is 12.2. The van der Waals surface area contributed by atoms with Crippen LogP contribution in [-0.2, 0) is 4.74 Å². The molecule has 110 valence electrons. The van der Waals surface area contributed by atoms with Crippen LogP contribution in [0.5, 0.6) is 5.88 Å². The van der Waals surface area contributed by atoms with Gasteiger partial charge in [-0.3, -0.25) is 0 Å². The molecule has 5 nitrogen and oxygen atoms in total. The Labute approximate surface area is 132 Å². The molecule has 1 fully saturated rings. The van der Waals surface area contributed by atoms with Crippen LogP contribution in [0, 0.1) is 3.57 Å². The molecule has 1 aliphatic heterocycles. The Kier molecular flexibility index (Phi) is 4.72. The van der Waals surface area contributed by atoms with E-state index in [0.717, 1.165) is 9.99 Å². The van der Waals surface area contributed by atoms with Crippen molar-refractivity contribution >= 4 is 28.7 Å². The summed E-state index contributed by atoms with van der Waals surface area (Å²) in [5, 5.41) is 0. The van der Waals surface area contributed by atoms with Gasteiger partial charge in [-0.2, -0.15) is 0 Å². The molecule has 0 aliphatic carbocycles. The number of hydrogen-bond donors (Lipinski definition) is 0. The minimum Gasteiger partial charge on any atom is -0.472 e. The molecule has 2 rings (SSSR count). The van der Waals surface area contributed by atoms with Crippen LogP contribution in [0.2, 0.25) is 0 Å². The highest BCUT2D eigenvalue weighted by molar-refractivity contribution is 14.1. The first kappa shape index (κ1) is 15.3. The summed E-state index contributed by atoms with van der Waals surface area (Å²) in [5.41, 5.74) is -0.465. The zero-order valence-electron chi connectivity index (χ0n) is 11.9. The van der Waals surface area contributed by atoms with E-state index in [1.54, 1.807) is 11.1 Å². The third-order valence-electron chi connectivity index (χ3n) is 2.78. The molecule has 0 aromatic carbocycles. The van der Waals surface area contributed by atoms with Crippen molar-refractivity contribution in [3.63, 3.8) is 0 Å². The second-order valence-electron chi connectivity index (χ2n) is 5.77. The first-order valence-electron chi connectivity index (χ1n) is 6.59. The highest BCUT2D eigenvalue weighted by atomic mass is 127. The van der Waals surface area contributed by atoms with E-state index in [2.05, 4.69) is 27.6 Å². The van der Waals surface area contributed by atoms with Gasteiger partial charge in [0, 0.05) is 28.8 Å². The third-order valence-corrected chi connectivity index (χ3v) is 3.42. The molecule has 1 saturated heterocycles. The summed E-state index contributed by atoms with van der Waals surface area (Å²) in [6, 6.07) is 3.79. The zero-order valence-corrected chi connectivity index (χ0v) is 14.1. The maximum atomic E-state index is 11.9. The first-order valence-corrected chi connectivity index (χ1v) is 7.67. The number of pyridine rings is 1. The lowest BCUT2D eigenvalue weighted by Gasteiger charge is -2.24. The van der Waals surface area contributed by atoms with Gasteiger partial charge in [0.25, 0.3) is 0 Å². The highest BCUT2D eigenvalue weighted by Gasteiger charge is 2.30. The number of carbonyl (C=O) groups excluding carboxylic acids is 1. The molecule has 0 radical (unpaired) electrons. The number of rotatable bonds is 2. The molecule has 1 aromatic heterocycles. The van der Waals surface area contributed by atoms with E-state index in [1.807, 2.05) is 32.9 Å². The van der Waals surface area contributed by atoms with Gasteiger partial charge in [0.1, 0.15) is 11.7 Å². The number of hydrogen-bond acceptors (Lipinski definition) is 4. The van der Waals surface area contributed by atoms with E-state index in [4.69, 9.17) is 9.47 Å². The normalized spacial score (nSPS) is 19.0. The molecule has 0 unspecified atom stereocenters. The smallest absolute Gasteiger partial charge is 0.410 e. The lowest BCUT2D eigenvalue weighted by atomic mass is 10.2. The van der Waals surface area contributed by atoms with Crippen molar-refractivity contribution in [1.29, 1.82) is 0 Å².